The van der Waals surface area contributed by atoms with Crippen LogP contribution in [0.3, 0.4) is 0 Å². The van der Waals surface area contributed by atoms with Gasteiger partial charge in [-0.3, -0.25) is 9.69 Å². The molecule has 150 valence electrons. The van der Waals surface area contributed by atoms with Crippen molar-refractivity contribution in [1.29, 1.82) is 0 Å². The van der Waals surface area contributed by atoms with Gasteiger partial charge in [0.1, 0.15) is 0 Å². The van der Waals surface area contributed by atoms with Gasteiger partial charge in [0, 0.05) is 11.9 Å². The van der Waals surface area contributed by atoms with Gasteiger partial charge in [0.25, 0.3) is 5.91 Å². The number of anilines is 1. The molecule has 0 aliphatic rings. The van der Waals surface area contributed by atoms with Crippen LogP contribution in [0.2, 0.25) is 0 Å². The number of fused-ring (bicyclic) bond motifs is 2. The number of amides is 1. The van der Waals surface area contributed by atoms with Gasteiger partial charge in [0.15, 0.2) is 22.2 Å². The maximum absolute atomic E-state index is 13.4. The Morgan fingerprint density at radius 1 is 1.14 bits per heavy atom. The van der Waals surface area contributed by atoms with Crippen LogP contribution in [0.5, 0.6) is 5.75 Å². The Labute approximate surface area is 173 Å². The standard InChI is InChI=1S/C22H23N3O3S/c1-24(2)12-7-13-25(22-23-16-9-4-5-11-19(16)29-22)21(26)18-14-15-8-6-10-17(27-3)20(15)28-18/h4-6,8-11,14H,7,12-13H2,1-3H3. The second kappa shape index (κ2) is 8.23. The van der Waals surface area contributed by atoms with Crippen LogP contribution < -0.4 is 9.64 Å². The molecule has 2 heterocycles. The largest absolute Gasteiger partial charge is 0.493 e. The van der Waals surface area contributed by atoms with E-state index in [2.05, 4.69) is 9.88 Å². The summed E-state index contributed by atoms with van der Waals surface area (Å²) in [5, 5.41) is 1.52. The fourth-order valence-electron chi connectivity index (χ4n) is 3.24. The Balaban J connectivity index is 1.70. The average Bonchev–Trinajstić information content (AvgIpc) is 3.34. The van der Waals surface area contributed by atoms with Crippen molar-refractivity contribution in [3.05, 3.63) is 54.3 Å². The molecule has 29 heavy (non-hydrogen) atoms. The van der Waals surface area contributed by atoms with Crippen LogP contribution in [0.15, 0.2) is 52.9 Å². The van der Waals surface area contributed by atoms with Gasteiger partial charge in [-0.1, -0.05) is 35.6 Å². The molecule has 0 bridgehead atoms. The maximum Gasteiger partial charge on any atom is 0.295 e. The van der Waals surface area contributed by atoms with Crippen LogP contribution in [0.1, 0.15) is 17.0 Å². The number of rotatable bonds is 7. The van der Waals surface area contributed by atoms with Gasteiger partial charge in [0.2, 0.25) is 0 Å². The highest BCUT2D eigenvalue weighted by molar-refractivity contribution is 7.22. The van der Waals surface area contributed by atoms with Crippen molar-refractivity contribution in [2.75, 3.05) is 39.2 Å². The van der Waals surface area contributed by atoms with E-state index in [-0.39, 0.29) is 11.7 Å². The second-order valence-corrected chi connectivity index (χ2v) is 8.08. The first-order valence-electron chi connectivity index (χ1n) is 9.45. The lowest BCUT2D eigenvalue weighted by atomic mass is 10.2. The first kappa shape index (κ1) is 19.4. The zero-order valence-electron chi connectivity index (χ0n) is 16.7. The number of carbonyl (C=O) groups excluding carboxylic acids is 1. The topological polar surface area (TPSA) is 58.8 Å². The van der Waals surface area contributed by atoms with Crippen molar-refractivity contribution >= 4 is 43.6 Å². The third kappa shape index (κ3) is 3.97. The zero-order chi connectivity index (χ0) is 20.4. The lowest BCUT2D eigenvalue weighted by Gasteiger charge is -2.19. The summed E-state index contributed by atoms with van der Waals surface area (Å²) in [7, 11) is 5.64. The number of thiazole rings is 1. The van der Waals surface area contributed by atoms with E-state index >= 15 is 0 Å². The molecule has 0 saturated heterocycles. The molecule has 0 radical (unpaired) electrons. The molecule has 4 aromatic rings. The molecule has 0 unspecified atom stereocenters. The van der Waals surface area contributed by atoms with E-state index in [0.717, 1.165) is 28.6 Å². The number of benzene rings is 2. The summed E-state index contributed by atoms with van der Waals surface area (Å²) in [5.74, 6) is 0.704. The molecule has 0 aliphatic carbocycles. The van der Waals surface area contributed by atoms with E-state index in [1.807, 2.05) is 56.6 Å². The van der Waals surface area contributed by atoms with Crippen molar-refractivity contribution in [3.63, 3.8) is 0 Å². The Morgan fingerprint density at radius 2 is 1.97 bits per heavy atom. The lowest BCUT2D eigenvalue weighted by Crippen LogP contribution is -2.33. The highest BCUT2D eigenvalue weighted by atomic mass is 32.1. The van der Waals surface area contributed by atoms with E-state index in [9.17, 15) is 4.79 Å². The zero-order valence-corrected chi connectivity index (χ0v) is 17.5. The molecule has 0 spiro atoms. The minimum Gasteiger partial charge on any atom is -0.493 e. The van der Waals surface area contributed by atoms with Crippen LogP contribution in [0.25, 0.3) is 21.2 Å². The normalized spacial score (nSPS) is 11.4. The predicted octanol–water partition coefficient (Wildman–Crippen LogP) is 4.65. The van der Waals surface area contributed by atoms with Crippen LogP contribution >= 0.6 is 11.3 Å². The molecule has 2 aromatic carbocycles. The van der Waals surface area contributed by atoms with Crippen LogP contribution in [0.4, 0.5) is 5.13 Å². The van der Waals surface area contributed by atoms with Gasteiger partial charge >= 0.3 is 0 Å². The summed E-state index contributed by atoms with van der Waals surface area (Å²) in [6.07, 6.45) is 0.832. The summed E-state index contributed by atoms with van der Waals surface area (Å²) in [6.45, 7) is 1.44. The monoisotopic (exact) mass is 409 g/mol. The van der Waals surface area contributed by atoms with Gasteiger partial charge < -0.3 is 14.1 Å². The molecule has 7 heteroatoms. The highest BCUT2D eigenvalue weighted by Gasteiger charge is 2.25. The summed E-state index contributed by atoms with van der Waals surface area (Å²) in [4.78, 5) is 21.9. The van der Waals surface area contributed by atoms with Crippen molar-refractivity contribution in [2.45, 2.75) is 6.42 Å². The van der Waals surface area contributed by atoms with Crippen LogP contribution in [-0.2, 0) is 0 Å². The van der Waals surface area contributed by atoms with E-state index in [0.29, 0.717) is 23.0 Å². The molecule has 2 aromatic heterocycles. The number of ether oxygens (including phenoxy) is 1. The van der Waals surface area contributed by atoms with E-state index < -0.39 is 0 Å². The van der Waals surface area contributed by atoms with Crippen molar-refractivity contribution < 1.29 is 13.9 Å². The summed E-state index contributed by atoms with van der Waals surface area (Å²) in [6, 6.07) is 15.3. The molecular formula is C22H23N3O3S. The molecule has 0 atom stereocenters. The number of methoxy groups -OCH3 is 1. The number of furan rings is 1. The van der Waals surface area contributed by atoms with E-state index in [1.54, 1.807) is 18.1 Å². The molecule has 0 N–H and O–H groups in total. The van der Waals surface area contributed by atoms with Gasteiger partial charge in [-0.15, -0.1) is 0 Å². The first-order valence-corrected chi connectivity index (χ1v) is 10.3. The van der Waals surface area contributed by atoms with E-state index in [1.165, 1.54) is 11.3 Å². The molecule has 4 rings (SSSR count). The van der Waals surface area contributed by atoms with Gasteiger partial charge in [0.05, 0.1) is 17.3 Å². The van der Waals surface area contributed by atoms with Crippen molar-refractivity contribution in [1.82, 2.24) is 9.88 Å². The Hall–Kier alpha value is -2.90. The Bertz CT molecular complexity index is 1120. The second-order valence-electron chi connectivity index (χ2n) is 7.07. The smallest absolute Gasteiger partial charge is 0.295 e. The van der Waals surface area contributed by atoms with Crippen molar-refractivity contribution in [2.24, 2.45) is 0 Å². The number of para-hydroxylation sites is 2. The molecule has 0 fully saturated rings. The SMILES string of the molecule is COc1cccc2cc(C(=O)N(CCCN(C)C)c3nc4ccccc4s3)oc12. The molecule has 0 aliphatic heterocycles. The highest BCUT2D eigenvalue weighted by Crippen LogP contribution is 2.32. The Morgan fingerprint density at radius 3 is 2.72 bits per heavy atom. The maximum atomic E-state index is 13.4. The molecule has 1 amide bonds. The summed E-state index contributed by atoms with van der Waals surface area (Å²) in [5.41, 5.74) is 1.47. The minimum absolute atomic E-state index is 0.193. The predicted molar refractivity (Wildman–Crippen MR) is 117 cm³/mol. The van der Waals surface area contributed by atoms with Crippen LogP contribution in [-0.4, -0.2) is 50.1 Å². The average molecular weight is 410 g/mol. The summed E-state index contributed by atoms with van der Waals surface area (Å²) >= 11 is 1.52. The minimum atomic E-state index is -0.193. The number of hydrogen-bond acceptors (Lipinski definition) is 6. The fraction of sp³-hybridized carbons (Fsp3) is 0.273. The third-order valence-corrected chi connectivity index (χ3v) is 5.74. The summed E-state index contributed by atoms with van der Waals surface area (Å²) < 4.78 is 12.3. The fourth-order valence-corrected chi connectivity index (χ4v) is 4.23. The number of nitrogens with zero attached hydrogens (tertiary/aromatic N) is 3. The number of aromatic nitrogens is 1. The molecule has 6 nitrogen and oxygen atoms in total. The van der Waals surface area contributed by atoms with Crippen molar-refractivity contribution in [3.8, 4) is 5.75 Å². The van der Waals surface area contributed by atoms with Gasteiger partial charge in [-0.05, 0) is 51.3 Å². The quantitative estimate of drug-likeness (QED) is 0.445. The van der Waals surface area contributed by atoms with Gasteiger partial charge in [-0.2, -0.15) is 0 Å². The van der Waals surface area contributed by atoms with E-state index in [4.69, 9.17) is 9.15 Å². The third-order valence-electron chi connectivity index (χ3n) is 4.68. The lowest BCUT2D eigenvalue weighted by molar-refractivity contribution is 0.0961. The first-order chi connectivity index (χ1) is 14.1. The molecular weight excluding hydrogens is 386 g/mol. The molecule has 0 saturated carbocycles. The number of hydrogen-bond donors (Lipinski definition) is 0. The number of carbonyl (C=O) groups is 1. The Kier molecular flexibility index (Phi) is 5.51. The van der Waals surface area contributed by atoms with Gasteiger partial charge in [-0.25, -0.2) is 4.98 Å². The van der Waals surface area contributed by atoms with Crippen LogP contribution in [0, 0.1) is 0 Å².